The van der Waals surface area contributed by atoms with E-state index in [1.807, 2.05) is 25.1 Å². The Morgan fingerprint density at radius 1 is 1.33 bits per heavy atom. The van der Waals surface area contributed by atoms with Gasteiger partial charge in [0.2, 0.25) is 0 Å². The molecule has 0 saturated heterocycles. The maximum Gasteiger partial charge on any atom is 0.123 e. The van der Waals surface area contributed by atoms with Gasteiger partial charge in [-0.1, -0.05) is 19.1 Å². The molecule has 1 unspecified atom stereocenters. The molecule has 2 aromatic rings. The van der Waals surface area contributed by atoms with E-state index in [9.17, 15) is 4.39 Å². The lowest BCUT2D eigenvalue weighted by Crippen LogP contribution is -2.23. The highest BCUT2D eigenvalue weighted by molar-refractivity contribution is 9.10. The third-order valence-corrected chi connectivity index (χ3v) is 3.32. The maximum atomic E-state index is 13.3. The predicted octanol–water partition coefficient (Wildman–Crippen LogP) is 3.68. The Morgan fingerprint density at radius 2 is 2.17 bits per heavy atom. The molecule has 2 rings (SSSR count). The summed E-state index contributed by atoms with van der Waals surface area (Å²) in [6.07, 6.45) is 1.74. The van der Waals surface area contributed by atoms with Gasteiger partial charge in [0.1, 0.15) is 5.82 Å². The lowest BCUT2D eigenvalue weighted by atomic mass is 10.0. The minimum Gasteiger partial charge on any atom is -0.305 e. The number of hydrogen-bond acceptors (Lipinski definition) is 2. The molecule has 18 heavy (non-hydrogen) atoms. The zero-order chi connectivity index (χ0) is 13.0. The van der Waals surface area contributed by atoms with E-state index in [2.05, 4.69) is 26.2 Å². The van der Waals surface area contributed by atoms with E-state index in [4.69, 9.17) is 0 Å². The van der Waals surface area contributed by atoms with E-state index >= 15 is 0 Å². The van der Waals surface area contributed by atoms with Gasteiger partial charge in [0.05, 0.1) is 11.7 Å². The zero-order valence-electron chi connectivity index (χ0n) is 10.0. The number of pyridine rings is 1. The van der Waals surface area contributed by atoms with Crippen molar-refractivity contribution >= 4 is 15.9 Å². The fourth-order valence-corrected chi connectivity index (χ4v) is 2.36. The molecule has 94 valence electrons. The van der Waals surface area contributed by atoms with E-state index in [-0.39, 0.29) is 11.9 Å². The molecule has 1 aromatic carbocycles. The minimum absolute atomic E-state index is 0.110. The summed E-state index contributed by atoms with van der Waals surface area (Å²) >= 11 is 3.49. The van der Waals surface area contributed by atoms with Crippen molar-refractivity contribution in [3.05, 3.63) is 64.1 Å². The van der Waals surface area contributed by atoms with Crippen LogP contribution in [0.5, 0.6) is 0 Å². The first-order valence-electron chi connectivity index (χ1n) is 5.81. The van der Waals surface area contributed by atoms with Crippen molar-refractivity contribution in [2.45, 2.75) is 13.0 Å². The Morgan fingerprint density at radius 3 is 2.83 bits per heavy atom. The van der Waals surface area contributed by atoms with Crippen LogP contribution in [0.15, 0.2) is 47.1 Å². The first-order valence-corrected chi connectivity index (χ1v) is 6.61. The lowest BCUT2D eigenvalue weighted by Gasteiger charge is -2.19. The highest BCUT2D eigenvalue weighted by atomic mass is 79.9. The van der Waals surface area contributed by atoms with Crippen molar-refractivity contribution < 1.29 is 4.39 Å². The normalized spacial score (nSPS) is 12.4. The van der Waals surface area contributed by atoms with Crippen LogP contribution in [0.25, 0.3) is 0 Å². The Bertz CT molecular complexity index is 531. The van der Waals surface area contributed by atoms with Crippen molar-refractivity contribution in [1.82, 2.24) is 10.3 Å². The van der Waals surface area contributed by atoms with Crippen LogP contribution in [0, 0.1) is 5.82 Å². The van der Waals surface area contributed by atoms with Gasteiger partial charge in [-0.05, 0) is 52.3 Å². The largest absolute Gasteiger partial charge is 0.305 e. The molecule has 0 fully saturated rings. The van der Waals surface area contributed by atoms with Crippen molar-refractivity contribution in [3.8, 4) is 0 Å². The van der Waals surface area contributed by atoms with E-state index in [0.717, 1.165) is 22.3 Å². The third-order valence-electron chi connectivity index (χ3n) is 2.65. The van der Waals surface area contributed by atoms with Gasteiger partial charge in [0, 0.05) is 10.7 Å². The predicted molar refractivity (Wildman–Crippen MR) is 73.9 cm³/mol. The molecule has 4 heteroatoms. The number of nitrogens with zero attached hydrogens (tertiary/aromatic N) is 1. The van der Waals surface area contributed by atoms with E-state index in [1.54, 1.807) is 12.3 Å². The van der Waals surface area contributed by atoms with Crippen LogP contribution in [0.4, 0.5) is 4.39 Å². The first-order chi connectivity index (χ1) is 8.72. The molecule has 0 amide bonds. The highest BCUT2D eigenvalue weighted by Crippen LogP contribution is 2.26. The summed E-state index contributed by atoms with van der Waals surface area (Å²) < 4.78 is 14.2. The molecule has 1 aromatic heterocycles. The Kier molecular flexibility index (Phi) is 4.44. The van der Waals surface area contributed by atoms with Gasteiger partial charge < -0.3 is 5.32 Å². The van der Waals surface area contributed by atoms with Gasteiger partial charge >= 0.3 is 0 Å². The van der Waals surface area contributed by atoms with E-state index in [0.29, 0.717) is 0 Å². The molecule has 0 saturated carbocycles. The number of halogens is 2. The summed E-state index contributed by atoms with van der Waals surface area (Å²) in [6.45, 7) is 2.80. The summed E-state index contributed by atoms with van der Waals surface area (Å²) in [7, 11) is 0. The van der Waals surface area contributed by atoms with E-state index < -0.39 is 0 Å². The van der Waals surface area contributed by atoms with Crippen LogP contribution < -0.4 is 5.32 Å². The molecule has 1 atom stereocenters. The molecular weight excluding hydrogens is 295 g/mol. The number of aromatic nitrogens is 1. The summed E-state index contributed by atoms with van der Waals surface area (Å²) in [6, 6.07) is 10.3. The third kappa shape index (κ3) is 2.94. The molecule has 1 heterocycles. The quantitative estimate of drug-likeness (QED) is 0.932. The van der Waals surface area contributed by atoms with Crippen molar-refractivity contribution in [2.24, 2.45) is 0 Å². The molecule has 0 aliphatic heterocycles. The molecule has 1 N–H and O–H groups in total. The monoisotopic (exact) mass is 308 g/mol. The number of hydrogen-bond donors (Lipinski definition) is 1. The number of rotatable bonds is 4. The van der Waals surface area contributed by atoms with E-state index in [1.165, 1.54) is 12.1 Å². The van der Waals surface area contributed by atoms with Crippen LogP contribution in [0.3, 0.4) is 0 Å². The van der Waals surface area contributed by atoms with Gasteiger partial charge in [-0.2, -0.15) is 0 Å². The van der Waals surface area contributed by atoms with Crippen LogP contribution in [0.1, 0.15) is 24.2 Å². The summed E-state index contributed by atoms with van der Waals surface area (Å²) in [5, 5.41) is 3.32. The average molecular weight is 309 g/mol. The SMILES string of the molecule is CCNC(c1cccc(F)c1)c1ncccc1Br. The highest BCUT2D eigenvalue weighted by Gasteiger charge is 2.17. The maximum absolute atomic E-state index is 13.3. The summed E-state index contributed by atoms with van der Waals surface area (Å²) in [4.78, 5) is 4.37. The topological polar surface area (TPSA) is 24.9 Å². The molecule has 2 nitrogen and oxygen atoms in total. The standard InChI is InChI=1S/C14H14BrFN2/c1-2-17-13(10-5-3-6-11(16)9-10)14-12(15)7-4-8-18-14/h3-9,13,17H,2H2,1H3. The summed E-state index contributed by atoms with van der Waals surface area (Å²) in [5.41, 5.74) is 1.74. The van der Waals surface area contributed by atoms with Gasteiger partial charge in [-0.25, -0.2) is 4.39 Å². The second-order valence-corrected chi connectivity index (χ2v) is 4.77. The Balaban J connectivity index is 2.43. The Hall–Kier alpha value is -1.26. The average Bonchev–Trinajstić information content (AvgIpc) is 2.37. The summed E-state index contributed by atoms with van der Waals surface area (Å²) in [5.74, 6) is -0.234. The molecule has 0 aliphatic rings. The molecule has 0 aliphatic carbocycles. The van der Waals surface area contributed by atoms with Crippen molar-refractivity contribution in [3.63, 3.8) is 0 Å². The molecule has 0 spiro atoms. The van der Waals surface area contributed by atoms with Gasteiger partial charge in [-0.3, -0.25) is 4.98 Å². The molecular formula is C14H14BrFN2. The number of nitrogens with one attached hydrogen (secondary N) is 1. The fourth-order valence-electron chi connectivity index (χ4n) is 1.87. The van der Waals surface area contributed by atoms with Gasteiger partial charge in [0.25, 0.3) is 0 Å². The van der Waals surface area contributed by atoms with Gasteiger partial charge in [-0.15, -0.1) is 0 Å². The Labute approximate surface area is 114 Å². The van der Waals surface area contributed by atoms with Crippen LogP contribution >= 0.6 is 15.9 Å². The molecule has 0 radical (unpaired) electrons. The lowest BCUT2D eigenvalue weighted by molar-refractivity contribution is 0.594. The van der Waals surface area contributed by atoms with Crippen LogP contribution in [-0.2, 0) is 0 Å². The van der Waals surface area contributed by atoms with Crippen LogP contribution in [0.2, 0.25) is 0 Å². The second-order valence-electron chi connectivity index (χ2n) is 3.92. The first kappa shape index (κ1) is 13.2. The molecule has 0 bridgehead atoms. The van der Waals surface area contributed by atoms with Crippen LogP contribution in [-0.4, -0.2) is 11.5 Å². The zero-order valence-corrected chi connectivity index (χ0v) is 11.6. The van der Waals surface area contributed by atoms with Gasteiger partial charge in [0.15, 0.2) is 0 Å². The number of benzene rings is 1. The van der Waals surface area contributed by atoms with Crippen molar-refractivity contribution in [2.75, 3.05) is 6.54 Å². The van der Waals surface area contributed by atoms with Crippen molar-refractivity contribution in [1.29, 1.82) is 0 Å². The smallest absolute Gasteiger partial charge is 0.123 e. The minimum atomic E-state index is -0.234. The second kappa shape index (κ2) is 6.07. The fraction of sp³-hybridized carbons (Fsp3) is 0.214.